The summed E-state index contributed by atoms with van der Waals surface area (Å²) < 4.78 is 5.75. The van der Waals surface area contributed by atoms with E-state index in [0.29, 0.717) is 31.9 Å². The number of anilines is 1. The van der Waals surface area contributed by atoms with Crippen LogP contribution in [0.2, 0.25) is 20.1 Å². The maximum absolute atomic E-state index is 13.1. The second-order valence-corrected chi connectivity index (χ2v) is 9.27. The third kappa shape index (κ3) is 5.46. The molecule has 1 fully saturated rings. The summed E-state index contributed by atoms with van der Waals surface area (Å²) in [6, 6.07) is 13.9. The zero-order valence-electron chi connectivity index (χ0n) is 18.1. The van der Waals surface area contributed by atoms with Gasteiger partial charge in [-0.05, 0) is 66.1 Å². The van der Waals surface area contributed by atoms with E-state index in [9.17, 15) is 14.4 Å². The number of nitrogens with one attached hydrogen (secondary N) is 1. The molecule has 1 heterocycles. The molecule has 3 aromatic carbocycles. The number of hydrogen-bond acceptors (Lipinski definition) is 4. The Morgan fingerprint density at radius 3 is 2.37 bits per heavy atom. The second-order valence-electron chi connectivity index (χ2n) is 7.62. The minimum atomic E-state index is -0.855. The number of rotatable bonds is 5. The lowest BCUT2D eigenvalue weighted by Gasteiger charge is -2.27. The van der Waals surface area contributed by atoms with Crippen LogP contribution < -0.4 is 15.0 Å². The van der Waals surface area contributed by atoms with Gasteiger partial charge in [-0.1, -0.05) is 64.6 Å². The van der Waals surface area contributed by atoms with Crippen molar-refractivity contribution in [2.24, 2.45) is 0 Å². The van der Waals surface area contributed by atoms with Crippen molar-refractivity contribution in [3.05, 3.63) is 97.0 Å². The van der Waals surface area contributed by atoms with Crippen LogP contribution in [0.15, 0.2) is 60.2 Å². The minimum absolute atomic E-state index is 0.202. The number of amides is 4. The number of nitrogens with zero attached hydrogens (tertiary/aromatic N) is 1. The summed E-state index contributed by atoms with van der Waals surface area (Å²) >= 11 is 24.4. The highest BCUT2D eigenvalue weighted by Gasteiger charge is 2.37. The fraction of sp³-hybridized carbons (Fsp3) is 0.0800. The van der Waals surface area contributed by atoms with Crippen LogP contribution in [0, 0.1) is 6.92 Å². The Balaban J connectivity index is 1.58. The third-order valence-electron chi connectivity index (χ3n) is 5.16. The normalized spacial score (nSPS) is 14.9. The van der Waals surface area contributed by atoms with Crippen LogP contribution in [0.4, 0.5) is 10.5 Å². The minimum Gasteiger partial charge on any atom is -0.487 e. The largest absolute Gasteiger partial charge is 0.487 e. The van der Waals surface area contributed by atoms with Gasteiger partial charge in [0.25, 0.3) is 11.8 Å². The lowest BCUT2D eigenvalue weighted by molar-refractivity contribution is -0.122. The lowest BCUT2D eigenvalue weighted by atomic mass is 10.1. The molecule has 1 aliphatic heterocycles. The predicted molar refractivity (Wildman–Crippen MR) is 137 cm³/mol. The average Bonchev–Trinajstić information content (AvgIpc) is 2.80. The second kappa shape index (κ2) is 10.3. The first-order valence-corrected chi connectivity index (χ1v) is 11.7. The van der Waals surface area contributed by atoms with Gasteiger partial charge in [-0.15, -0.1) is 0 Å². The molecular weight excluding hydrogens is 534 g/mol. The van der Waals surface area contributed by atoms with Gasteiger partial charge in [-0.25, -0.2) is 9.69 Å². The van der Waals surface area contributed by atoms with Crippen LogP contribution in [0.25, 0.3) is 6.08 Å². The number of imide groups is 2. The Labute approximate surface area is 221 Å². The fourth-order valence-corrected chi connectivity index (χ4v) is 4.11. The lowest BCUT2D eigenvalue weighted by Crippen LogP contribution is -2.54. The van der Waals surface area contributed by atoms with Crippen LogP contribution in [-0.4, -0.2) is 17.8 Å². The number of hydrogen-bond donors (Lipinski definition) is 1. The monoisotopic (exact) mass is 548 g/mol. The third-order valence-corrected chi connectivity index (χ3v) is 6.43. The molecule has 3 aromatic rings. The first kappa shape index (κ1) is 25.1. The van der Waals surface area contributed by atoms with Crippen molar-refractivity contribution in [2.45, 2.75) is 13.5 Å². The van der Waals surface area contributed by atoms with E-state index in [4.69, 9.17) is 51.1 Å². The van der Waals surface area contributed by atoms with Gasteiger partial charge >= 0.3 is 6.03 Å². The molecule has 1 aliphatic rings. The van der Waals surface area contributed by atoms with Crippen molar-refractivity contribution < 1.29 is 19.1 Å². The molecule has 1 N–H and O–H groups in total. The molecule has 4 rings (SSSR count). The number of carbonyl (C=O) groups is 3. The molecule has 0 unspecified atom stereocenters. The smallest absolute Gasteiger partial charge is 0.335 e. The fourth-order valence-electron chi connectivity index (χ4n) is 3.38. The Bertz CT molecular complexity index is 1400. The standard InChI is InChI=1S/C25H16Cl4N2O4/c1-13-2-5-16(26)11-21(13)31-24(33)17(23(32)30-25(31)34)8-14-4-7-22(20(29)9-14)35-12-15-3-6-18(27)19(28)10-15/h2-11H,12H2,1H3,(H,30,32,34)/b17-8+. The van der Waals surface area contributed by atoms with E-state index in [0.717, 1.165) is 10.5 Å². The van der Waals surface area contributed by atoms with Gasteiger partial charge in [0.05, 0.1) is 20.8 Å². The van der Waals surface area contributed by atoms with E-state index < -0.39 is 17.8 Å². The number of carbonyl (C=O) groups excluding carboxylic acids is 3. The molecular formula is C25H16Cl4N2O4. The Morgan fingerprint density at radius 1 is 0.886 bits per heavy atom. The molecule has 10 heteroatoms. The highest BCUT2D eigenvalue weighted by molar-refractivity contribution is 6.42. The van der Waals surface area contributed by atoms with Crippen molar-refractivity contribution >= 4 is 76.0 Å². The SMILES string of the molecule is Cc1ccc(Cl)cc1N1C(=O)NC(=O)/C(=C\c2ccc(OCc3ccc(Cl)c(Cl)c3)c(Cl)c2)C1=O. The van der Waals surface area contributed by atoms with Gasteiger partial charge in [0.2, 0.25) is 0 Å². The molecule has 4 amide bonds. The molecule has 0 aliphatic carbocycles. The Hall–Kier alpha value is -3.03. The van der Waals surface area contributed by atoms with Crippen molar-refractivity contribution in [2.75, 3.05) is 4.90 Å². The van der Waals surface area contributed by atoms with Crippen molar-refractivity contribution in [1.82, 2.24) is 5.32 Å². The summed E-state index contributed by atoms with van der Waals surface area (Å²) in [5.41, 5.74) is 1.95. The molecule has 6 nitrogen and oxygen atoms in total. The molecule has 35 heavy (non-hydrogen) atoms. The topological polar surface area (TPSA) is 75.7 Å². The summed E-state index contributed by atoms with van der Waals surface area (Å²) in [5, 5.41) is 3.65. The molecule has 178 valence electrons. The van der Waals surface area contributed by atoms with Gasteiger partial charge in [-0.3, -0.25) is 14.9 Å². The first-order chi connectivity index (χ1) is 16.6. The van der Waals surface area contributed by atoms with Gasteiger partial charge < -0.3 is 4.74 Å². The quantitative estimate of drug-likeness (QED) is 0.279. The van der Waals surface area contributed by atoms with E-state index in [1.54, 1.807) is 55.5 Å². The van der Waals surface area contributed by atoms with E-state index in [2.05, 4.69) is 5.32 Å². The number of aryl methyl sites for hydroxylation is 1. The summed E-state index contributed by atoms with van der Waals surface area (Å²) in [7, 11) is 0. The van der Waals surface area contributed by atoms with E-state index in [-0.39, 0.29) is 22.9 Å². The van der Waals surface area contributed by atoms with E-state index in [1.165, 1.54) is 12.1 Å². The average molecular weight is 550 g/mol. The first-order valence-electron chi connectivity index (χ1n) is 10.2. The number of ether oxygens (including phenoxy) is 1. The Kier molecular flexibility index (Phi) is 7.38. The van der Waals surface area contributed by atoms with Crippen LogP contribution in [0.5, 0.6) is 5.75 Å². The summed E-state index contributed by atoms with van der Waals surface area (Å²) in [6.45, 7) is 1.93. The number of halogens is 4. The number of benzene rings is 3. The molecule has 0 saturated carbocycles. The van der Waals surface area contributed by atoms with Crippen LogP contribution in [0.3, 0.4) is 0 Å². The van der Waals surface area contributed by atoms with Crippen molar-refractivity contribution in [1.29, 1.82) is 0 Å². The maximum Gasteiger partial charge on any atom is 0.335 e. The van der Waals surface area contributed by atoms with E-state index >= 15 is 0 Å². The van der Waals surface area contributed by atoms with Gasteiger partial charge in [0, 0.05) is 5.02 Å². The zero-order chi connectivity index (χ0) is 25.3. The molecule has 0 radical (unpaired) electrons. The van der Waals surface area contributed by atoms with Gasteiger partial charge in [-0.2, -0.15) is 0 Å². The molecule has 0 aromatic heterocycles. The van der Waals surface area contributed by atoms with Crippen molar-refractivity contribution in [3.63, 3.8) is 0 Å². The highest BCUT2D eigenvalue weighted by Crippen LogP contribution is 2.31. The number of urea groups is 1. The molecule has 0 bridgehead atoms. The van der Waals surface area contributed by atoms with Crippen LogP contribution in [-0.2, 0) is 16.2 Å². The van der Waals surface area contributed by atoms with Crippen LogP contribution in [0.1, 0.15) is 16.7 Å². The molecule has 0 spiro atoms. The van der Waals surface area contributed by atoms with Gasteiger partial charge in [0.1, 0.15) is 17.9 Å². The predicted octanol–water partition coefficient (Wildman–Crippen LogP) is 6.85. The van der Waals surface area contributed by atoms with Crippen LogP contribution >= 0.6 is 46.4 Å². The van der Waals surface area contributed by atoms with Gasteiger partial charge in [0.15, 0.2) is 0 Å². The highest BCUT2D eigenvalue weighted by atomic mass is 35.5. The summed E-state index contributed by atoms with van der Waals surface area (Å²) in [6.07, 6.45) is 1.35. The van der Waals surface area contributed by atoms with Crippen molar-refractivity contribution in [3.8, 4) is 5.75 Å². The molecule has 1 saturated heterocycles. The Morgan fingerprint density at radius 2 is 1.66 bits per heavy atom. The molecule has 0 atom stereocenters. The maximum atomic E-state index is 13.1. The number of barbiturate groups is 1. The summed E-state index contributed by atoms with van der Waals surface area (Å²) in [4.78, 5) is 38.9. The zero-order valence-corrected chi connectivity index (χ0v) is 21.1. The summed E-state index contributed by atoms with van der Waals surface area (Å²) in [5.74, 6) is -1.20. The van der Waals surface area contributed by atoms with E-state index in [1.807, 2.05) is 0 Å².